The third-order valence-electron chi connectivity index (χ3n) is 3.37. The van der Waals surface area contributed by atoms with Crippen molar-refractivity contribution >= 4 is 18.9 Å². The van der Waals surface area contributed by atoms with E-state index in [1.807, 2.05) is 17.0 Å². The largest absolute Gasteiger partial charge is 0.483 e. The standard InChI is InChI=1S/C12H15N3O2.2CH2O2/c16-12-8-17-11-6-14-5-10(11)15(12)7-9-1-3-13-4-2-9;2*2-1-3/h1-4,10-11,14H,5-8H2;2*1H,(H,2,3)/t10-,11-;;/m1../s1. The van der Waals surface area contributed by atoms with Gasteiger partial charge in [-0.2, -0.15) is 0 Å². The summed E-state index contributed by atoms with van der Waals surface area (Å²) in [4.78, 5) is 34.5. The summed E-state index contributed by atoms with van der Waals surface area (Å²) in [5.74, 6) is 0.0757. The van der Waals surface area contributed by atoms with Gasteiger partial charge in [0.1, 0.15) is 6.61 Å². The average Bonchev–Trinajstić information content (AvgIpc) is 3.02. The molecule has 0 saturated carbocycles. The summed E-state index contributed by atoms with van der Waals surface area (Å²) in [6.45, 7) is 2.01. The normalized spacial score (nSPS) is 21.9. The predicted molar refractivity (Wildman–Crippen MR) is 78.6 cm³/mol. The highest BCUT2D eigenvalue weighted by Gasteiger charge is 2.39. The molecule has 0 spiro atoms. The minimum Gasteiger partial charge on any atom is -0.483 e. The van der Waals surface area contributed by atoms with Crippen molar-refractivity contribution in [1.82, 2.24) is 15.2 Å². The van der Waals surface area contributed by atoms with E-state index < -0.39 is 0 Å². The molecule has 0 bridgehead atoms. The van der Waals surface area contributed by atoms with Crippen molar-refractivity contribution in [2.75, 3.05) is 19.7 Å². The lowest BCUT2D eigenvalue weighted by molar-refractivity contribution is -0.153. The SMILES string of the molecule is O=C1CO[C@@H]2CNC[C@H]2N1Cc1ccncc1.O=CO.O=CO. The first-order valence-electron chi connectivity index (χ1n) is 6.84. The number of aromatic nitrogens is 1. The number of amides is 1. The van der Waals surface area contributed by atoms with Crippen molar-refractivity contribution in [1.29, 1.82) is 0 Å². The third-order valence-corrected chi connectivity index (χ3v) is 3.37. The Hall–Kier alpha value is -2.52. The predicted octanol–water partition coefficient (Wildman–Crippen LogP) is -0.818. The summed E-state index contributed by atoms with van der Waals surface area (Å²) in [6.07, 6.45) is 3.66. The van der Waals surface area contributed by atoms with Crippen LogP contribution < -0.4 is 5.32 Å². The molecule has 2 aliphatic rings. The highest BCUT2D eigenvalue weighted by atomic mass is 16.5. The number of hydrogen-bond acceptors (Lipinski definition) is 6. The molecule has 0 unspecified atom stereocenters. The van der Waals surface area contributed by atoms with Gasteiger partial charge in [0.15, 0.2) is 0 Å². The molecule has 126 valence electrons. The number of rotatable bonds is 2. The molecule has 23 heavy (non-hydrogen) atoms. The highest BCUT2D eigenvalue weighted by molar-refractivity contribution is 5.78. The highest BCUT2D eigenvalue weighted by Crippen LogP contribution is 2.20. The second-order valence-electron chi connectivity index (χ2n) is 4.66. The fraction of sp³-hybridized carbons (Fsp3) is 0.429. The number of carbonyl (C=O) groups excluding carboxylic acids is 1. The molecule has 1 aromatic rings. The maximum atomic E-state index is 11.9. The van der Waals surface area contributed by atoms with Crippen molar-refractivity contribution in [3.8, 4) is 0 Å². The van der Waals surface area contributed by atoms with Gasteiger partial charge < -0.3 is 25.2 Å². The average molecular weight is 325 g/mol. The van der Waals surface area contributed by atoms with Crippen molar-refractivity contribution in [2.45, 2.75) is 18.7 Å². The van der Waals surface area contributed by atoms with Crippen LogP contribution in [0.2, 0.25) is 0 Å². The van der Waals surface area contributed by atoms with Crippen LogP contribution in [-0.2, 0) is 25.7 Å². The molecule has 1 aromatic heterocycles. The summed E-state index contributed by atoms with van der Waals surface area (Å²) >= 11 is 0. The van der Waals surface area contributed by atoms with Crippen LogP contribution in [0.25, 0.3) is 0 Å². The zero-order valence-electron chi connectivity index (χ0n) is 12.4. The number of pyridine rings is 1. The third kappa shape index (κ3) is 5.64. The zero-order valence-corrected chi connectivity index (χ0v) is 12.4. The summed E-state index contributed by atoms with van der Waals surface area (Å²) in [6, 6.07) is 4.06. The van der Waals surface area contributed by atoms with Crippen molar-refractivity contribution in [3.05, 3.63) is 30.1 Å². The number of morpholine rings is 1. The van der Waals surface area contributed by atoms with Gasteiger partial charge in [-0.25, -0.2) is 0 Å². The molecule has 0 aliphatic carbocycles. The first-order chi connectivity index (χ1) is 11.2. The van der Waals surface area contributed by atoms with Gasteiger partial charge in [-0.3, -0.25) is 19.4 Å². The zero-order chi connectivity index (χ0) is 17.1. The molecular weight excluding hydrogens is 306 g/mol. The first kappa shape index (κ1) is 18.5. The Morgan fingerprint density at radius 2 is 1.87 bits per heavy atom. The Morgan fingerprint density at radius 1 is 1.26 bits per heavy atom. The summed E-state index contributed by atoms with van der Waals surface area (Å²) < 4.78 is 5.52. The van der Waals surface area contributed by atoms with E-state index in [1.54, 1.807) is 12.4 Å². The molecule has 1 amide bonds. The fourth-order valence-corrected chi connectivity index (χ4v) is 2.46. The van der Waals surface area contributed by atoms with Gasteiger partial charge in [-0.15, -0.1) is 0 Å². The van der Waals surface area contributed by atoms with Crippen LogP contribution in [-0.4, -0.2) is 70.8 Å². The van der Waals surface area contributed by atoms with Crippen LogP contribution in [0, 0.1) is 0 Å². The van der Waals surface area contributed by atoms with Crippen LogP contribution in [0.15, 0.2) is 24.5 Å². The van der Waals surface area contributed by atoms with Crippen LogP contribution in [0.5, 0.6) is 0 Å². The Bertz CT molecular complexity index is 493. The number of carboxylic acid groups (broad SMARTS) is 2. The second-order valence-corrected chi connectivity index (χ2v) is 4.66. The summed E-state index contributed by atoms with van der Waals surface area (Å²) in [5, 5.41) is 17.0. The molecule has 9 nitrogen and oxygen atoms in total. The van der Waals surface area contributed by atoms with Crippen molar-refractivity contribution in [2.24, 2.45) is 0 Å². The van der Waals surface area contributed by atoms with Gasteiger partial charge in [-0.1, -0.05) is 0 Å². The molecule has 2 saturated heterocycles. The Labute approximate surface area is 132 Å². The lowest BCUT2D eigenvalue weighted by Crippen LogP contribution is -2.53. The van der Waals surface area contributed by atoms with E-state index in [9.17, 15) is 4.79 Å². The molecular formula is C14H19N3O6. The number of nitrogens with zero attached hydrogens (tertiary/aromatic N) is 2. The Balaban J connectivity index is 0.000000387. The van der Waals surface area contributed by atoms with E-state index in [0.29, 0.717) is 6.54 Å². The molecule has 2 fully saturated rings. The van der Waals surface area contributed by atoms with E-state index in [-0.39, 0.29) is 37.6 Å². The van der Waals surface area contributed by atoms with E-state index in [1.165, 1.54) is 0 Å². The van der Waals surface area contributed by atoms with E-state index in [4.69, 9.17) is 24.5 Å². The van der Waals surface area contributed by atoms with Crippen LogP contribution in [0.3, 0.4) is 0 Å². The van der Waals surface area contributed by atoms with Gasteiger partial charge in [-0.05, 0) is 17.7 Å². The Morgan fingerprint density at radius 3 is 2.48 bits per heavy atom. The monoisotopic (exact) mass is 325 g/mol. The second kappa shape index (κ2) is 10.2. The number of ether oxygens (including phenoxy) is 1. The fourth-order valence-electron chi connectivity index (χ4n) is 2.46. The summed E-state index contributed by atoms with van der Waals surface area (Å²) in [5.41, 5.74) is 1.11. The molecule has 0 aromatic carbocycles. The number of carbonyl (C=O) groups is 3. The van der Waals surface area contributed by atoms with Crippen molar-refractivity contribution in [3.63, 3.8) is 0 Å². The van der Waals surface area contributed by atoms with Crippen molar-refractivity contribution < 1.29 is 29.3 Å². The van der Waals surface area contributed by atoms with Crippen LogP contribution in [0.1, 0.15) is 5.56 Å². The van der Waals surface area contributed by atoms with E-state index in [0.717, 1.165) is 18.7 Å². The minimum absolute atomic E-state index is 0.0757. The topological polar surface area (TPSA) is 129 Å². The number of nitrogens with one attached hydrogen (secondary N) is 1. The maximum absolute atomic E-state index is 11.9. The van der Waals surface area contributed by atoms with E-state index in [2.05, 4.69) is 10.3 Å². The molecule has 3 N–H and O–H groups in total. The quantitative estimate of drug-likeness (QED) is 0.602. The van der Waals surface area contributed by atoms with Gasteiger partial charge in [0.05, 0.1) is 12.1 Å². The van der Waals surface area contributed by atoms with E-state index >= 15 is 0 Å². The van der Waals surface area contributed by atoms with Gasteiger partial charge in [0.2, 0.25) is 5.91 Å². The molecule has 2 atom stereocenters. The minimum atomic E-state index is -0.250. The molecule has 9 heteroatoms. The van der Waals surface area contributed by atoms with Crippen LogP contribution >= 0.6 is 0 Å². The number of fused-ring (bicyclic) bond motifs is 1. The lowest BCUT2D eigenvalue weighted by atomic mass is 10.1. The first-order valence-corrected chi connectivity index (χ1v) is 6.84. The molecule has 3 rings (SSSR count). The summed E-state index contributed by atoms with van der Waals surface area (Å²) in [7, 11) is 0. The number of hydrogen-bond donors (Lipinski definition) is 3. The van der Waals surface area contributed by atoms with Gasteiger partial charge >= 0.3 is 0 Å². The van der Waals surface area contributed by atoms with Gasteiger partial charge in [0, 0.05) is 32.0 Å². The Kier molecular flexibility index (Phi) is 8.25. The van der Waals surface area contributed by atoms with Crippen LogP contribution in [0.4, 0.5) is 0 Å². The van der Waals surface area contributed by atoms with Gasteiger partial charge in [0.25, 0.3) is 12.9 Å². The maximum Gasteiger partial charge on any atom is 0.290 e. The lowest BCUT2D eigenvalue weighted by Gasteiger charge is -2.36. The molecule has 0 radical (unpaired) electrons. The smallest absolute Gasteiger partial charge is 0.290 e. The molecule has 2 aliphatic heterocycles. The molecule has 3 heterocycles.